The van der Waals surface area contributed by atoms with Gasteiger partial charge in [0, 0.05) is 23.8 Å². The summed E-state index contributed by atoms with van der Waals surface area (Å²) in [6.07, 6.45) is 8.95. The number of likely N-dealkylation sites (tertiary alicyclic amines) is 1. The fourth-order valence-electron chi connectivity index (χ4n) is 3.99. The minimum atomic E-state index is 0.176. The van der Waals surface area contributed by atoms with E-state index in [-0.39, 0.29) is 5.91 Å². The van der Waals surface area contributed by atoms with Crippen molar-refractivity contribution < 1.29 is 4.79 Å². The Balaban J connectivity index is 1.77. The number of carbonyl (C=O) groups excluding carboxylic acids is 1. The van der Waals surface area contributed by atoms with Crippen LogP contribution in [0.3, 0.4) is 0 Å². The van der Waals surface area contributed by atoms with E-state index in [0.29, 0.717) is 17.6 Å². The molecule has 2 N–H and O–H groups in total. The molecule has 1 aromatic carbocycles. The minimum Gasteiger partial charge on any atom is -0.398 e. The first-order chi connectivity index (χ1) is 10.2. The van der Waals surface area contributed by atoms with Crippen molar-refractivity contribution in [3.63, 3.8) is 0 Å². The first kappa shape index (κ1) is 14.4. The number of hydrogen-bond acceptors (Lipinski definition) is 2. The Labute approximate surface area is 127 Å². The van der Waals surface area contributed by atoms with Crippen molar-refractivity contribution >= 4 is 11.6 Å². The summed E-state index contributed by atoms with van der Waals surface area (Å²) in [5.41, 5.74) is 8.47. The van der Waals surface area contributed by atoms with Crippen LogP contribution in [0.15, 0.2) is 18.2 Å². The van der Waals surface area contributed by atoms with Crippen molar-refractivity contribution in [3.05, 3.63) is 29.3 Å². The molecule has 1 heterocycles. The number of nitrogen functional groups attached to an aromatic ring is 1. The Morgan fingerprint density at radius 3 is 2.62 bits per heavy atom. The topological polar surface area (TPSA) is 46.3 Å². The number of nitrogens with zero attached hydrogens (tertiary/aromatic N) is 1. The lowest BCUT2D eigenvalue weighted by molar-refractivity contribution is 0.0661. The summed E-state index contributed by atoms with van der Waals surface area (Å²) < 4.78 is 0. The molecule has 1 aliphatic carbocycles. The van der Waals surface area contributed by atoms with Crippen LogP contribution in [0.25, 0.3) is 0 Å². The highest BCUT2D eigenvalue weighted by molar-refractivity contribution is 5.95. The molecule has 1 amide bonds. The van der Waals surface area contributed by atoms with Crippen LogP contribution in [0.2, 0.25) is 0 Å². The van der Waals surface area contributed by atoms with Crippen molar-refractivity contribution in [2.24, 2.45) is 5.92 Å². The van der Waals surface area contributed by atoms with Gasteiger partial charge in [-0.25, -0.2) is 0 Å². The molecule has 0 bridgehead atoms. The highest BCUT2D eigenvalue weighted by Crippen LogP contribution is 2.35. The van der Waals surface area contributed by atoms with Crippen LogP contribution in [0.4, 0.5) is 5.69 Å². The van der Waals surface area contributed by atoms with Gasteiger partial charge in [-0.1, -0.05) is 25.3 Å². The summed E-state index contributed by atoms with van der Waals surface area (Å²) in [7, 11) is 0. The van der Waals surface area contributed by atoms with Gasteiger partial charge in [-0.2, -0.15) is 0 Å². The largest absolute Gasteiger partial charge is 0.398 e. The third-order valence-corrected chi connectivity index (χ3v) is 5.28. The van der Waals surface area contributed by atoms with Crippen molar-refractivity contribution in [3.8, 4) is 0 Å². The van der Waals surface area contributed by atoms with Gasteiger partial charge in [-0.15, -0.1) is 0 Å². The lowest BCUT2D eigenvalue weighted by atomic mass is 9.83. The van der Waals surface area contributed by atoms with E-state index < -0.39 is 0 Å². The van der Waals surface area contributed by atoms with Crippen LogP contribution in [0, 0.1) is 12.8 Å². The number of rotatable bonds is 2. The number of nitrogens with two attached hydrogens (primary N) is 1. The van der Waals surface area contributed by atoms with E-state index in [1.54, 1.807) is 0 Å². The van der Waals surface area contributed by atoms with Gasteiger partial charge in [0.05, 0.1) is 0 Å². The second-order valence-corrected chi connectivity index (χ2v) is 6.68. The minimum absolute atomic E-state index is 0.176. The molecule has 0 spiro atoms. The number of carbonyl (C=O) groups is 1. The zero-order chi connectivity index (χ0) is 14.8. The van der Waals surface area contributed by atoms with Crippen molar-refractivity contribution in [1.82, 2.24) is 4.90 Å². The van der Waals surface area contributed by atoms with E-state index in [9.17, 15) is 4.79 Å². The molecule has 3 heteroatoms. The lowest BCUT2D eigenvalue weighted by Crippen LogP contribution is -2.40. The molecule has 1 atom stereocenters. The maximum absolute atomic E-state index is 12.8. The quantitative estimate of drug-likeness (QED) is 0.841. The van der Waals surface area contributed by atoms with Crippen LogP contribution in [0.1, 0.15) is 60.9 Å². The first-order valence-corrected chi connectivity index (χ1v) is 8.34. The summed E-state index contributed by atoms with van der Waals surface area (Å²) >= 11 is 0. The molecule has 1 aromatic rings. The number of hydrogen-bond donors (Lipinski definition) is 1. The van der Waals surface area contributed by atoms with Gasteiger partial charge in [0.1, 0.15) is 0 Å². The first-order valence-electron chi connectivity index (χ1n) is 8.34. The molecule has 2 fully saturated rings. The van der Waals surface area contributed by atoms with Crippen LogP contribution in [0.5, 0.6) is 0 Å². The molecule has 1 aliphatic heterocycles. The van der Waals surface area contributed by atoms with E-state index in [0.717, 1.165) is 24.1 Å². The maximum atomic E-state index is 12.8. The van der Waals surface area contributed by atoms with E-state index in [2.05, 4.69) is 4.90 Å². The molecule has 3 nitrogen and oxygen atoms in total. The fourth-order valence-corrected chi connectivity index (χ4v) is 3.99. The van der Waals surface area contributed by atoms with Crippen LogP contribution < -0.4 is 5.73 Å². The maximum Gasteiger partial charge on any atom is 0.254 e. The van der Waals surface area contributed by atoms with Gasteiger partial charge in [-0.05, 0) is 56.2 Å². The predicted octanol–water partition coefficient (Wildman–Crippen LogP) is 3.76. The van der Waals surface area contributed by atoms with Gasteiger partial charge in [-0.3, -0.25) is 4.79 Å². The summed E-state index contributed by atoms with van der Waals surface area (Å²) in [5, 5.41) is 0. The lowest BCUT2D eigenvalue weighted by Gasteiger charge is -2.34. The average molecular weight is 286 g/mol. The molecule has 1 saturated heterocycles. The number of aryl methyl sites for hydroxylation is 1. The van der Waals surface area contributed by atoms with Gasteiger partial charge in [0.2, 0.25) is 0 Å². The molecule has 114 valence electrons. The Morgan fingerprint density at radius 2 is 1.90 bits per heavy atom. The predicted molar refractivity (Wildman–Crippen MR) is 86.2 cm³/mol. The second-order valence-electron chi connectivity index (χ2n) is 6.68. The molecule has 1 unspecified atom stereocenters. The molecule has 21 heavy (non-hydrogen) atoms. The van der Waals surface area contributed by atoms with E-state index in [1.165, 1.54) is 38.5 Å². The Bertz CT molecular complexity index is 520. The Morgan fingerprint density at radius 1 is 1.14 bits per heavy atom. The highest BCUT2D eigenvalue weighted by atomic mass is 16.2. The third-order valence-electron chi connectivity index (χ3n) is 5.28. The van der Waals surface area contributed by atoms with E-state index in [1.807, 2.05) is 25.1 Å². The van der Waals surface area contributed by atoms with Crippen molar-refractivity contribution in [1.29, 1.82) is 0 Å². The van der Waals surface area contributed by atoms with Crippen molar-refractivity contribution in [2.45, 2.75) is 57.9 Å². The van der Waals surface area contributed by atoms with Gasteiger partial charge in [0.15, 0.2) is 0 Å². The fraction of sp³-hybridized carbons (Fsp3) is 0.611. The summed E-state index contributed by atoms with van der Waals surface area (Å²) in [6, 6.07) is 6.17. The average Bonchev–Trinajstić information content (AvgIpc) is 2.99. The summed E-state index contributed by atoms with van der Waals surface area (Å²) in [6.45, 7) is 2.89. The Hall–Kier alpha value is -1.51. The Kier molecular flexibility index (Phi) is 4.18. The third kappa shape index (κ3) is 2.92. The number of anilines is 1. The van der Waals surface area contributed by atoms with Crippen LogP contribution in [-0.2, 0) is 0 Å². The van der Waals surface area contributed by atoms with Gasteiger partial charge < -0.3 is 10.6 Å². The van der Waals surface area contributed by atoms with Crippen molar-refractivity contribution in [2.75, 3.05) is 12.3 Å². The molecule has 3 rings (SSSR count). The molecule has 0 aromatic heterocycles. The SMILES string of the molecule is Cc1ccc(C(=O)N2CCCC2C2CCCCC2)cc1N. The van der Waals surface area contributed by atoms with Crippen LogP contribution >= 0.6 is 0 Å². The van der Waals surface area contributed by atoms with E-state index >= 15 is 0 Å². The summed E-state index contributed by atoms with van der Waals surface area (Å²) in [5.74, 6) is 0.891. The standard InChI is InChI=1S/C18H26N2O/c1-13-9-10-15(12-16(13)19)18(21)20-11-5-8-17(20)14-6-3-2-4-7-14/h9-10,12,14,17H,2-8,11,19H2,1H3. The van der Waals surface area contributed by atoms with Gasteiger partial charge in [0.25, 0.3) is 5.91 Å². The molecule has 0 radical (unpaired) electrons. The molecular formula is C18H26N2O. The zero-order valence-electron chi connectivity index (χ0n) is 13.0. The zero-order valence-corrected chi connectivity index (χ0v) is 13.0. The molecular weight excluding hydrogens is 260 g/mol. The normalized spacial score (nSPS) is 23.5. The smallest absolute Gasteiger partial charge is 0.254 e. The number of benzene rings is 1. The molecule has 1 saturated carbocycles. The summed E-state index contributed by atoms with van der Waals surface area (Å²) in [4.78, 5) is 15.0. The van der Waals surface area contributed by atoms with Gasteiger partial charge >= 0.3 is 0 Å². The monoisotopic (exact) mass is 286 g/mol. The molecule has 2 aliphatic rings. The second kappa shape index (κ2) is 6.08. The van der Waals surface area contributed by atoms with E-state index in [4.69, 9.17) is 5.73 Å². The number of amides is 1. The highest BCUT2D eigenvalue weighted by Gasteiger charge is 2.35. The van der Waals surface area contributed by atoms with Crippen LogP contribution in [-0.4, -0.2) is 23.4 Å².